The number of thioether (sulfide) groups is 1. The molecule has 0 saturated heterocycles. The van der Waals surface area contributed by atoms with Gasteiger partial charge in [0.25, 0.3) is 0 Å². The number of hydrogen-bond donors (Lipinski definition) is 1. The second-order valence-electron chi connectivity index (χ2n) is 5.82. The predicted molar refractivity (Wildman–Crippen MR) is 113 cm³/mol. The van der Waals surface area contributed by atoms with Crippen molar-refractivity contribution in [1.82, 2.24) is 15.0 Å². The first-order valence-electron chi connectivity index (χ1n) is 8.89. The fourth-order valence-corrected chi connectivity index (χ4v) is 2.96. The first kappa shape index (κ1) is 22.6. The van der Waals surface area contributed by atoms with Gasteiger partial charge in [-0.25, -0.2) is 0 Å². The maximum absolute atomic E-state index is 12.2. The van der Waals surface area contributed by atoms with E-state index in [1.807, 2.05) is 7.05 Å². The van der Waals surface area contributed by atoms with Crippen molar-refractivity contribution < 1.29 is 9.32 Å². The lowest BCUT2D eigenvalue weighted by atomic mass is 10.0. The molecule has 7 heteroatoms. The van der Waals surface area contributed by atoms with Crippen LogP contribution in [-0.4, -0.2) is 40.3 Å². The summed E-state index contributed by atoms with van der Waals surface area (Å²) in [6.45, 7) is 8.48. The van der Waals surface area contributed by atoms with Crippen molar-refractivity contribution in [2.24, 2.45) is 0 Å². The second-order valence-corrected chi connectivity index (χ2v) is 7.48. The van der Waals surface area contributed by atoms with Crippen LogP contribution >= 0.6 is 24.4 Å². The zero-order chi connectivity index (χ0) is 19.4. The molecule has 26 heavy (non-hydrogen) atoms. The van der Waals surface area contributed by atoms with E-state index in [1.54, 1.807) is 28.8 Å². The van der Waals surface area contributed by atoms with Crippen molar-refractivity contribution in [1.29, 1.82) is 0 Å². The molecule has 1 amide bonds. The molecule has 1 unspecified atom stereocenters. The Kier molecular flexibility index (Phi) is 11.1. The maximum Gasteiger partial charge on any atom is 0.230 e. The molecule has 144 valence electrons. The summed E-state index contributed by atoms with van der Waals surface area (Å²) in [6, 6.07) is 0. The van der Waals surface area contributed by atoms with Crippen LogP contribution in [0.15, 0.2) is 34.7 Å². The normalized spacial score (nSPS) is 13.2. The number of allylic oxidation sites excluding steroid dienone is 3. The molecule has 1 heterocycles. The van der Waals surface area contributed by atoms with E-state index in [9.17, 15) is 4.79 Å². The maximum atomic E-state index is 12.2. The average Bonchev–Trinajstić information content (AvgIpc) is 3.12. The molecule has 5 nitrogen and oxygen atoms in total. The summed E-state index contributed by atoms with van der Waals surface area (Å²) in [4.78, 5) is 19.0. The van der Waals surface area contributed by atoms with Crippen LogP contribution in [0.1, 0.15) is 57.2 Å². The van der Waals surface area contributed by atoms with E-state index in [2.05, 4.69) is 54.7 Å². The number of hydrogen-bond acceptors (Lipinski definition) is 6. The SMILES string of the molecule is C=C/C=C(\S)c1noc(C(CC)CCN(C)C(=O)CC/C=C\SCC)n1. The molecule has 0 radical (unpaired) electrons. The molecule has 1 rings (SSSR count). The monoisotopic (exact) mass is 395 g/mol. The zero-order valence-electron chi connectivity index (χ0n) is 15.9. The number of aromatic nitrogens is 2. The van der Waals surface area contributed by atoms with Crippen molar-refractivity contribution in [2.45, 2.75) is 45.4 Å². The minimum absolute atomic E-state index is 0.122. The highest BCUT2D eigenvalue weighted by atomic mass is 32.2. The Morgan fingerprint density at radius 3 is 2.88 bits per heavy atom. The van der Waals surface area contributed by atoms with Gasteiger partial charge in [0.05, 0.1) is 4.91 Å². The Morgan fingerprint density at radius 1 is 1.46 bits per heavy atom. The van der Waals surface area contributed by atoms with Crippen LogP contribution in [0.4, 0.5) is 0 Å². The van der Waals surface area contributed by atoms with Gasteiger partial charge >= 0.3 is 0 Å². The Bertz CT molecular complexity index is 626. The van der Waals surface area contributed by atoms with E-state index in [4.69, 9.17) is 4.52 Å². The molecule has 0 fully saturated rings. The zero-order valence-corrected chi connectivity index (χ0v) is 17.6. The van der Waals surface area contributed by atoms with E-state index >= 15 is 0 Å². The van der Waals surface area contributed by atoms with Gasteiger partial charge in [0.2, 0.25) is 17.6 Å². The molecule has 0 aromatic carbocycles. The molecule has 0 aliphatic rings. The number of nitrogens with zero attached hydrogens (tertiary/aromatic N) is 3. The van der Waals surface area contributed by atoms with Crippen LogP contribution in [0.3, 0.4) is 0 Å². The summed E-state index contributed by atoms with van der Waals surface area (Å²) in [5, 5.41) is 6.02. The topological polar surface area (TPSA) is 59.2 Å². The molecule has 0 spiro atoms. The van der Waals surface area contributed by atoms with Gasteiger partial charge in [-0.1, -0.05) is 37.7 Å². The Balaban J connectivity index is 2.51. The van der Waals surface area contributed by atoms with Gasteiger partial charge in [-0.3, -0.25) is 4.79 Å². The van der Waals surface area contributed by atoms with E-state index < -0.39 is 0 Å². The van der Waals surface area contributed by atoms with Gasteiger partial charge in [-0.15, -0.1) is 24.4 Å². The number of amides is 1. The van der Waals surface area contributed by atoms with E-state index in [0.29, 0.717) is 29.6 Å². The average molecular weight is 396 g/mol. The molecule has 0 aliphatic heterocycles. The first-order chi connectivity index (χ1) is 12.5. The lowest BCUT2D eigenvalue weighted by Crippen LogP contribution is -2.28. The molecule has 1 aromatic heterocycles. The molecule has 0 bridgehead atoms. The van der Waals surface area contributed by atoms with Crippen LogP contribution < -0.4 is 0 Å². The van der Waals surface area contributed by atoms with Crippen molar-refractivity contribution in [3.8, 4) is 0 Å². The summed E-state index contributed by atoms with van der Waals surface area (Å²) in [7, 11) is 1.84. The molecule has 1 atom stereocenters. The fraction of sp³-hybridized carbons (Fsp3) is 0.526. The highest BCUT2D eigenvalue weighted by Crippen LogP contribution is 2.24. The summed E-state index contributed by atoms with van der Waals surface area (Å²) < 4.78 is 5.38. The van der Waals surface area contributed by atoms with Crippen LogP contribution in [0.25, 0.3) is 4.91 Å². The lowest BCUT2D eigenvalue weighted by molar-refractivity contribution is -0.129. The minimum atomic E-state index is 0.122. The number of thiol groups is 1. The first-order valence-corrected chi connectivity index (χ1v) is 10.4. The minimum Gasteiger partial charge on any atom is -0.346 e. The van der Waals surface area contributed by atoms with Gasteiger partial charge in [-0.2, -0.15) is 4.98 Å². The smallest absolute Gasteiger partial charge is 0.230 e. The third-order valence-electron chi connectivity index (χ3n) is 3.91. The third kappa shape index (κ3) is 7.83. The molecule has 1 aromatic rings. The number of carbonyl (C=O) groups excluding carboxylic acids is 1. The van der Waals surface area contributed by atoms with Crippen molar-refractivity contribution in [3.05, 3.63) is 41.9 Å². The molecular formula is C19H29N3O2S2. The summed E-state index contributed by atoms with van der Waals surface area (Å²) >= 11 is 6.07. The van der Waals surface area contributed by atoms with E-state index in [0.717, 1.165) is 25.0 Å². The Labute approximate surface area is 166 Å². The fourth-order valence-electron chi connectivity index (χ4n) is 2.30. The molecule has 0 N–H and O–H groups in total. The second kappa shape index (κ2) is 12.8. The van der Waals surface area contributed by atoms with Crippen molar-refractivity contribution in [3.63, 3.8) is 0 Å². The Hall–Kier alpha value is -1.47. The van der Waals surface area contributed by atoms with Gasteiger partial charge in [0.1, 0.15) is 0 Å². The van der Waals surface area contributed by atoms with E-state index in [-0.39, 0.29) is 11.8 Å². The molecule has 0 aliphatic carbocycles. The van der Waals surface area contributed by atoms with Crippen LogP contribution in [0, 0.1) is 0 Å². The summed E-state index contributed by atoms with van der Waals surface area (Å²) in [5.41, 5.74) is 0. The van der Waals surface area contributed by atoms with E-state index in [1.165, 1.54) is 0 Å². The third-order valence-corrected chi connectivity index (χ3v) is 4.98. The highest BCUT2D eigenvalue weighted by molar-refractivity contribution is 8.02. The Morgan fingerprint density at radius 2 is 2.23 bits per heavy atom. The largest absolute Gasteiger partial charge is 0.346 e. The van der Waals surface area contributed by atoms with Gasteiger partial charge in [-0.05, 0) is 36.5 Å². The molecular weight excluding hydrogens is 366 g/mol. The van der Waals surface area contributed by atoms with Gasteiger partial charge in [0.15, 0.2) is 0 Å². The van der Waals surface area contributed by atoms with Crippen molar-refractivity contribution >= 4 is 35.2 Å². The van der Waals surface area contributed by atoms with Crippen LogP contribution in [0.5, 0.6) is 0 Å². The van der Waals surface area contributed by atoms with Crippen molar-refractivity contribution in [2.75, 3.05) is 19.3 Å². The number of rotatable bonds is 12. The van der Waals surface area contributed by atoms with Crippen LogP contribution in [-0.2, 0) is 4.79 Å². The molecule has 0 saturated carbocycles. The quantitative estimate of drug-likeness (QED) is 0.402. The van der Waals surface area contributed by atoms with Gasteiger partial charge in [0, 0.05) is 25.9 Å². The summed E-state index contributed by atoms with van der Waals surface area (Å²) in [6.07, 6.45) is 8.38. The predicted octanol–water partition coefficient (Wildman–Crippen LogP) is 4.92. The summed E-state index contributed by atoms with van der Waals surface area (Å²) in [5.74, 6) is 2.38. The number of carbonyl (C=O) groups is 1. The lowest BCUT2D eigenvalue weighted by Gasteiger charge is -2.19. The highest BCUT2D eigenvalue weighted by Gasteiger charge is 2.19. The van der Waals surface area contributed by atoms with Crippen LogP contribution in [0.2, 0.25) is 0 Å². The van der Waals surface area contributed by atoms with Gasteiger partial charge < -0.3 is 9.42 Å². The standard InChI is InChI=1S/C19H29N3O2S2/c1-5-10-16(25)18-20-19(24-21-18)15(6-2)12-13-22(4)17(23)11-8-9-14-26-7-3/h5,9-10,14-15,25H,1,6-8,11-13H2,2-4H3/b14-9-,16-10-.